The monoisotopic (exact) mass is 230 g/mol. The van der Waals surface area contributed by atoms with Crippen molar-refractivity contribution in [1.82, 2.24) is 5.32 Å². The number of hydrogen-bond acceptors (Lipinski definition) is 2. The summed E-state index contributed by atoms with van der Waals surface area (Å²) in [6.07, 6.45) is 4.93. The van der Waals surface area contributed by atoms with Crippen LogP contribution in [0.2, 0.25) is 0 Å². The summed E-state index contributed by atoms with van der Waals surface area (Å²) < 4.78 is 0. The summed E-state index contributed by atoms with van der Waals surface area (Å²) >= 11 is 0. The Morgan fingerprint density at radius 3 is 2.94 bits per heavy atom. The van der Waals surface area contributed by atoms with E-state index >= 15 is 0 Å². The van der Waals surface area contributed by atoms with Crippen molar-refractivity contribution < 1.29 is 0 Å². The third-order valence-electron chi connectivity index (χ3n) is 4.62. The van der Waals surface area contributed by atoms with Gasteiger partial charge in [-0.25, -0.2) is 0 Å². The first-order valence-electron chi connectivity index (χ1n) is 6.80. The van der Waals surface area contributed by atoms with E-state index in [0.29, 0.717) is 24.0 Å². The maximum absolute atomic E-state index is 6.36. The van der Waals surface area contributed by atoms with Gasteiger partial charge in [0, 0.05) is 18.1 Å². The molecule has 2 heteroatoms. The maximum Gasteiger partial charge on any atom is 0.0116 e. The Morgan fingerprint density at radius 2 is 2.12 bits per heavy atom. The predicted molar refractivity (Wildman–Crippen MR) is 70.9 cm³/mol. The average molecular weight is 230 g/mol. The van der Waals surface area contributed by atoms with Crippen LogP contribution in [0.4, 0.5) is 0 Å². The van der Waals surface area contributed by atoms with E-state index in [1.165, 1.54) is 24.0 Å². The fraction of sp³-hybridized carbons (Fsp3) is 0.600. The van der Waals surface area contributed by atoms with Crippen LogP contribution in [0.1, 0.15) is 30.4 Å². The summed E-state index contributed by atoms with van der Waals surface area (Å²) in [4.78, 5) is 0. The lowest BCUT2D eigenvalue weighted by Crippen LogP contribution is -2.52. The van der Waals surface area contributed by atoms with Crippen molar-refractivity contribution in [2.24, 2.45) is 11.7 Å². The third kappa shape index (κ3) is 2.12. The predicted octanol–water partition coefficient (Wildman–Crippen LogP) is 2.01. The minimum Gasteiger partial charge on any atom is -0.327 e. The molecule has 2 fully saturated rings. The van der Waals surface area contributed by atoms with E-state index in [1.807, 2.05) is 0 Å². The lowest BCUT2D eigenvalue weighted by molar-refractivity contribution is 0.250. The van der Waals surface area contributed by atoms with Crippen LogP contribution < -0.4 is 11.1 Å². The van der Waals surface area contributed by atoms with E-state index in [0.717, 1.165) is 12.8 Å². The number of fused-ring (bicyclic) bond motifs is 2. The highest BCUT2D eigenvalue weighted by Gasteiger charge is 2.39. The van der Waals surface area contributed by atoms with Crippen molar-refractivity contribution in [3.05, 3.63) is 35.4 Å². The highest BCUT2D eigenvalue weighted by molar-refractivity contribution is 5.26. The molecule has 4 atom stereocenters. The molecule has 0 spiro atoms. The van der Waals surface area contributed by atoms with Crippen LogP contribution in [0.25, 0.3) is 0 Å². The number of aryl methyl sites for hydroxylation is 1. The number of piperidine rings is 1. The van der Waals surface area contributed by atoms with Gasteiger partial charge in [-0.3, -0.25) is 0 Å². The van der Waals surface area contributed by atoms with Gasteiger partial charge < -0.3 is 11.1 Å². The fourth-order valence-electron chi connectivity index (χ4n) is 3.56. The molecule has 3 N–H and O–H groups in total. The Bertz CT molecular complexity index is 402. The Balaban J connectivity index is 1.78. The lowest BCUT2D eigenvalue weighted by atomic mass is 9.82. The number of benzene rings is 1. The lowest BCUT2D eigenvalue weighted by Gasteiger charge is -2.36. The Kier molecular flexibility index (Phi) is 2.93. The molecule has 17 heavy (non-hydrogen) atoms. The van der Waals surface area contributed by atoms with E-state index < -0.39 is 0 Å². The molecule has 1 aromatic rings. The molecule has 3 rings (SSSR count). The van der Waals surface area contributed by atoms with Crippen LogP contribution in [0, 0.1) is 12.8 Å². The largest absolute Gasteiger partial charge is 0.327 e. The van der Waals surface area contributed by atoms with Crippen LogP contribution in [-0.2, 0) is 6.42 Å². The summed E-state index contributed by atoms with van der Waals surface area (Å²) in [6.45, 7) is 2.20. The Hall–Kier alpha value is -0.860. The van der Waals surface area contributed by atoms with Crippen LogP contribution >= 0.6 is 0 Å². The van der Waals surface area contributed by atoms with E-state index in [4.69, 9.17) is 5.73 Å². The summed E-state index contributed by atoms with van der Waals surface area (Å²) in [7, 11) is 0. The normalized spacial score (nSPS) is 36.1. The average Bonchev–Trinajstić information content (AvgIpc) is 2.70. The summed E-state index contributed by atoms with van der Waals surface area (Å²) in [6, 6.07) is 10.4. The number of rotatable bonds is 2. The third-order valence-corrected chi connectivity index (χ3v) is 4.62. The van der Waals surface area contributed by atoms with Gasteiger partial charge >= 0.3 is 0 Å². The molecule has 0 radical (unpaired) electrons. The second-order valence-corrected chi connectivity index (χ2v) is 5.74. The van der Waals surface area contributed by atoms with Crippen LogP contribution in [-0.4, -0.2) is 18.1 Å². The summed E-state index contributed by atoms with van der Waals surface area (Å²) in [5, 5.41) is 3.73. The van der Waals surface area contributed by atoms with E-state index in [-0.39, 0.29) is 0 Å². The van der Waals surface area contributed by atoms with Gasteiger partial charge in [0.15, 0.2) is 0 Å². The molecule has 0 saturated carbocycles. The molecule has 2 bridgehead atoms. The van der Waals surface area contributed by atoms with Crippen LogP contribution in [0.15, 0.2) is 24.3 Å². The van der Waals surface area contributed by atoms with Crippen molar-refractivity contribution in [3.8, 4) is 0 Å². The molecule has 1 aromatic carbocycles. The Morgan fingerprint density at radius 1 is 1.29 bits per heavy atom. The van der Waals surface area contributed by atoms with Gasteiger partial charge in [0.1, 0.15) is 0 Å². The van der Waals surface area contributed by atoms with Crippen molar-refractivity contribution in [2.75, 3.05) is 0 Å². The highest BCUT2D eigenvalue weighted by atomic mass is 15.0. The molecule has 0 aromatic heterocycles. The fourth-order valence-corrected chi connectivity index (χ4v) is 3.56. The first kappa shape index (κ1) is 11.2. The first-order chi connectivity index (χ1) is 8.24. The zero-order valence-corrected chi connectivity index (χ0v) is 10.5. The molecular formula is C15H22N2. The molecule has 2 nitrogen and oxygen atoms in total. The van der Waals surface area contributed by atoms with E-state index in [1.54, 1.807) is 0 Å². The standard InChI is InChI=1S/C15H22N2/c1-10-4-2-3-5-11(10)8-13-14(16)9-12-6-7-15(13)17-12/h2-5,12-15,17H,6-9,16H2,1H3. The van der Waals surface area contributed by atoms with E-state index in [2.05, 4.69) is 36.5 Å². The van der Waals surface area contributed by atoms with Gasteiger partial charge in [-0.1, -0.05) is 24.3 Å². The second-order valence-electron chi connectivity index (χ2n) is 5.74. The number of nitrogens with two attached hydrogens (primary N) is 1. The van der Waals surface area contributed by atoms with Gasteiger partial charge in [0.2, 0.25) is 0 Å². The maximum atomic E-state index is 6.36. The molecule has 2 aliphatic rings. The summed E-state index contributed by atoms with van der Waals surface area (Å²) in [5.74, 6) is 0.620. The summed E-state index contributed by atoms with van der Waals surface area (Å²) in [5.41, 5.74) is 9.23. The minimum absolute atomic E-state index is 0.383. The highest BCUT2D eigenvalue weighted by Crippen LogP contribution is 2.33. The smallest absolute Gasteiger partial charge is 0.0116 e. The van der Waals surface area contributed by atoms with Crippen molar-refractivity contribution in [3.63, 3.8) is 0 Å². The molecule has 0 aliphatic carbocycles. The zero-order valence-electron chi connectivity index (χ0n) is 10.5. The minimum atomic E-state index is 0.383. The van der Waals surface area contributed by atoms with Crippen molar-refractivity contribution in [1.29, 1.82) is 0 Å². The molecule has 2 aliphatic heterocycles. The first-order valence-corrected chi connectivity index (χ1v) is 6.80. The molecule has 0 amide bonds. The Labute approximate surface area is 104 Å². The number of hydrogen-bond donors (Lipinski definition) is 2. The zero-order chi connectivity index (χ0) is 11.8. The quantitative estimate of drug-likeness (QED) is 0.815. The second kappa shape index (κ2) is 4.43. The van der Waals surface area contributed by atoms with Gasteiger partial charge in [-0.2, -0.15) is 0 Å². The van der Waals surface area contributed by atoms with Crippen molar-refractivity contribution >= 4 is 0 Å². The molecular weight excluding hydrogens is 208 g/mol. The topological polar surface area (TPSA) is 38.0 Å². The van der Waals surface area contributed by atoms with Gasteiger partial charge in [0.05, 0.1) is 0 Å². The van der Waals surface area contributed by atoms with E-state index in [9.17, 15) is 0 Å². The van der Waals surface area contributed by atoms with Crippen LogP contribution in [0.3, 0.4) is 0 Å². The van der Waals surface area contributed by atoms with Crippen molar-refractivity contribution in [2.45, 2.75) is 50.7 Å². The molecule has 2 heterocycles. The SMILES string of the molecule is Cc1ccccc1CC1C(N)CC2CCC1N2. The van der Waals surface area contributed by atoms with Gasteiger partial charge in [0.25, 0.3) is 0 Å². The van der Waals surface area contributed by atoms with Gasteiger partial charge in [-0.15, -0.1) is 0 Å². The van der Waals surface area contributed by atoms with Gasteiger partial charge in [-0.05, 0) is 49.7 Å². The molecule has 2 saturated heterocycles. The molecule has 4 unspecified atom stereocenters. The molecule has 92 valence electrons. The van der Waals surface area contributed by atoms with Crippen LogP contribution in [0.5, 0.6) is 0 Å². The number of nitrogens with one attached hydrogen (secondary N) is 1.